The number of anilines is 1. The number of likely N-dealkylation sites (tertiary alicyclic amines) is 1. The van der Waals surface area contributed by atoms with E-state index in [-0.39, 0.29) is 11.6 Å². The summed E-state index contributed by atoms with van der Waals surface area (Å²) in [5.74, 6) is -0.473. The Labute approximate surface area is 197 Å². The number of carbonyl (C=O) groups excluding carboxylic acids is 2. The van der Waals surface area contributed by atoms with Gasteiger partial charge in [-0.1, -0.05) is 11.8 Å². The van der Waals surface area contributed by atoms with E-state index in [0.717, 1.165) is 53.8 Å². The van der Waals surface area contributed by atoms with E-state index in [1.165, 1.54) is 17.4 Å². The summed E-state index contributed by atoms with van der Waals surface area (Å²) in [6, 6.07) is 5.57. The molecule has 0 aliphatic carbocycles. The number of thiophene rings is 1. The van der Waals surface area contributed by atoms with Crippen LogP contribution < -0.4 is 5.32 Å². The van der Waals surface area contributed by atoms with E-state index in [2.05, 4.69) is 10.2 Å². The van der Waals surface area contributed by atoms with Gasteiger partial charge in [0.25, 0.3) is 5.91 Å². The van der Waals surface area contributed by atoms with Gasteiger partial charge in [-0.2, -0.15) is 13.2 Å². The van der Waals surface area contributed by atoms with Crippen molar-refractivity contribution in [2.45, 2.75) is 23.5 Å². The summed E-state index contributed by atoms with van der Waals surface area (Å²) in [4.78, 5) is 30.6. The topological polar surface area (TPSA) is 52.6 Å². The molecule has 0 radical (unpaired) electrons. The van der Waals surface area contributed by atoms with Crippen LogP contribution in [0.25, 0.3) is 12.2 Å². The summed E-state index contributed by atoms with van der Waals surface area (Å²) in [6.07, 6.45) is 1.51. The molecule has 1 fully saturated rings. The van der Waals surface area contributed by atoms with Crippen molar-refractivity contribution >= 4 is 52.8 Å². The van der Waals surface area contributed by atoms with Crippen molar-refractivity contribution in [3.63, 3.8) is 0 Å². The van der Waals surface area contributed by atoms with E-state index in [9.17, 15) is 22.8 Å². The van der Waals surface area contributed by atoms with Gasteiger partial charge < -0.3 is 15.1 Å². The first kappa shape index (κ1) is 23.6. The van der Waals surface area contributed by atoms with Crippen LogP contribution in [0.2, 0.25) is 0 Å². The van der Waals surface area contributed by atoms with E-state index in [4.69, 9.17) is 0 Å². The maximum Gasteiger partial charge on any atom is 0.416 e. The maximum atomic E-state index is 12.9. The van der Waals surface area contributed by atoms with Gasteiger partial charge in [0.05, 0.1) is 16.2 Å². The molecule has 5 nitrogen and oxygen atoms in total. The van der Waals surface area contributed by atoms with E-state index in [1.54, 1.807) is 18.2 Å². The van der Waals surface area contributed by atoms with Gasteiger partial charge in [-0.15, -0.1) is 11.3 Å². The predicted octanol–water partition coefficient (Wildman–Crippen LogP) is 5.03. The van der Waals surface area contributed by atoms with Gasteiger partial charge in [-0.05, 0) is 67.9 Å². The fourth-order valence-corrected chi connectivity index (χ4v) is 5.44. The zero-order chi connectivity index (χ0) is 23.8. The molecule has 33 heavy (non-hydrogen) atoms. The number of carbonyl (C=O) groups is 2. The standard InChI is InChI=1S/C23H22F3N3O2S2/c1-28(2)16-7-8-29(12-16)21(30)6-3-14-9-17(32-13-14)11-20-22(31)27-18-10-15(23(24,25)26)4-5-19(18)33-20/h3-6,9-11,13,16H,7-8,12H2,1-2H3,(H,27,31)/b6-3+,20-11?. The number of benzene rings is 1. The van der Waals surface area contributed by atoms with E-state index >= 15 is 0 Å². The lowest BCUT2D eigenvalue weighted by molar-refractivity contribution is -0.137. The quantitative estimate of drug-likeness (QED) is 0.608. The Kier molecular flexibility index (Phi) is 6.69. The molecule has 1 N–H and O–H groups in total. The molecule has 2 amide bonds. The van der Waals surface area contributed by atoms with E-state index < -0.39 is 17.6 Å². The number of thioether (sulfide) groups is 1. The van der Waals surface area contributed by atoms with Crippen molar-refractivity contribution in [2.24, 2.45) is 0 Å². The molecule has 10 heteroatoms. The smallest absolute Gasteiger partial charge is 0.338 e. The van der Waals surface area contributed by atoms with Gasteiger partial charge >= 0.3 is 6.18 Å². The SMILES string of the molecule is CN(C)C1CCN(C(=O)/C=C/c2csc(C=C3Sc4ccc(C(F)(F)F)cc4NC3=O)c2)C1. The van der Waals surface area contributed by atoms with Crippen LogP contribution >= 0.6 is 23.1 Å². The van der Waals surface area contributed by atoms with Crippen molar-refractivity contribution in [2.75, 3.05) is 32.5 Å². The fourth-order valence-electron chi connectivity index (χ4n) is 3.63. The van der Waals surface area contributed by atoms with Crippen molar-refractivity contribution < 1.29 is 22.8 Å². The Morgan fingerprint density at radius 2 is 2.06 bits per heavy atom. The van der Waals surface area contributed by atoms with Gasteiger partial charge in [-0.25, -0.2) is 0 Å². The third-order valence-corrected chi connectivity index (χ3v) is 7.53. The number of nitrogens with zero attached hydrogens (tertiary/aromatic N) is 2. The second-order valence-corrected chi connectivity index (χ2v) is 10.1. The zero-order valence-corrected chi connectivity index (χ0v) is 19.6. The number of alkyl halides is 3. The Balaban J connectivity index is 1.43. The molecule has 1 aromatic carbocycles. The predicted molar refractivity (Wildman–Crippen MR) is 126 cm³/mol. The number of nitrogens with one attached hydrogen (secondary N) is 1. The van der Waals surface area contributed by atoms with Crippen LogP contribution in [0.15, 0.2) is 45.5 Å². The number of hydrogen-bond donors (Lipinski definition) is 1. The molecule has 1 unspecified atom stereocenters. The van der Waals surface area contributed by atoms with Crippen LogP contribution in [0, 0.1) is 0 Å². The summed E-state index contributed by atoms with van der Waals surface area (Å²) in [5.41, 5.74) is 0.202. The Bertz CT molecular complexity index is 1140. The lowest BCUT2D eigenvalue weighted by atomic mass is 10.2. The molecule has 1 aromatic heterocycles. The molecule has 4 rings (SSSR count). The summed E-state index contributed by atoms with van der Waals surface area (Å²) >= 11 is 2.55. The highest BCUT2D eigenvalue weighted by atomic mass is 32.2. The van der Waals surface area contributed by atoms with Gasteiger partial charge in [0, 0.05) is 35.0 Å². The summed E-state index contributed by atoms with van der Waals surface area (Å²) in [5, 5.41) is 4.43. The molecule has 1 saturated heterocycles. The number of fused-ring (bicyclic) bond motifs is 1. The number of amides is 2. The average Bonchev–Trinajstić information content (AvgIpc) is 3.41. The summed E-state index contributed by atoms with van der Waals surface area (Å²) in [7, 11) is 4.03. The Morgan fingerprint density at radius 1 is 1.27 bits per heavy atom. The lowest BCUT2D eigenvalue weighted by Crippen LogP contribution is -2.33. The largest absolute Gasteiger partial charge is 0.416 e. The highest BCUT2D eigenvalue weighted by molar-refractivity contribution is 8.04. The molecule has 0 spiro atoms. The molecular formula is C23H22F3N3O2S2. The minimum absolute atomic E-state index is 0.0255. The number of rotatable bonds is 4. The number of likely N-dealkylation sites (N-methyl/N-ethyl adjacent to an activating group) is 1. The second kappa shape index (κ2) is 9.36. The monoisotopic (exact) mass is 493 g/mol. The molecule has 2 aromatic rings. The van der Waals surface area contributed by atoms with E-state index in [1.807, 2.05) is 30.4 Å². The molecule has 174 valence electrons. The van der Waals surface area contributed by atoms with Crippen molar-refractivity contribution in [1.82, 2.24) is 9.80 Å². The molecule has 0 saturated carbocycles. The first-order valence-electron chi connectivity index (χ1n) is 10.2. The van der Waals surface area contributed by atoms with Gasteiger partial charge in [0.15, 0.2) is 0 Å². The van der Waals surface area contributed by atoms with Crippen LogP contribution in [0.4, 0.5) is 18.9 Å². The molecule has 2 aliphatic rings. The third-order valence-electron chi connectivity index (χ3n) is 5.54. The highest BCUT2D eigenvalue weighted by Gasteiger charge is 2.32. The molecular weight excluding hydrogens is 471 g/mol. The van der Waals surface area contributed by atoms with Crippen LogP contribution in [0.1, 0.15) is 22.4 Å². The van der Waals surface area contributed by atoms with Gasteiger partial charge in [0.1, 0.15) is 0 Å². The van der Waals surface area contributed by atoms with Crippen molar-refractivity contribution in [3.8, 4) is 0 Å². The molecule has 3 heterocycles. The molecule has 2 aliphatic heterocycles. The minimum atomic E-state index is -4.47. The highest BCUT2D eigenvalue weighted by Crippen LogP contribution is 2.42. The van der Waals surface area contributed by atoms with Gasteiger partial charge in [0.2, 0.25) is 5.91 Å². The van der Waals surface area contributed by atoms with Crippen LogP contribution in [-0.4, -0.2) is 54.8 Å². The minimum Gasteiger partial charge on any atom is -0.338 e. The second-order valence-electron chi connectivity index (χ2n) is 8.08. The van der Waals surface area contributed by atoms with Crippen LogP contribution in [0.5, 0.6) is 0 Å². The van der Waals surface area contributed by atoms with Crippen LogP contribution in [-0.2, 0) is 15.8 Å². The Morgan fingerprint density at radius 3 is 2.76 bits per heavy atom. The zero-order valence-electron chi connectivity index (χ0n) is 18.0. The van der Waals surface area contributed by atoms with Gasteiger partial charge in [-0.3, -0.25) is 9.59 Å². The van der Waals surface area contributed by atoms with Crippen molar-refractivity contribution in [1.29, 1.82) is 0 Å². The molecule has 0 bridgehead atoms. The van der Waals surface area contributed by atoms with Crippen molar-refractivity contribution in [3.05, 3.63) is 56.6 Å². The molecule has 1 atom stereocenters. The first-order valence-corrected chi connectivity index (χ1v) is 11.9. The third kappa shape index (κ3) is 5.51. The average molecular weight is 494 g/mol. The Hall–Kier alpha value is -2.56. The lowest BCUT2D eigenvalue weighted by Gasteiger charge is -2.20. The normalized spacial score (nSPS) is 20.1. The first-order chi connectivity index (χ1) is 15.6. The number of halogens is 3. The fraction of sp³-hybridized carbons (Fsp3) is 0.304. The number of hydrogen-bond acceptors (Lipinski definition) is 5. The van der Waals surface area contributed by atoms with Crippen LogP contribution in [0.3, 0.4) is 0 Å². The van der Waals surface area contributed by atoms with E-state index in [0.29, 0.717) is 15.8 Å². The summed E-state index contributed by atoms with van der Waals surface area (Å²) in [6.45, 7) is 1.46. The maximum absolute atomic E-state index is 12.9. The summed E-state index contributed by atoms with van der Waals surface area (Å²) < 4.78 is 38.7.